The van der Waals surface area contributed by atoms with Crippen molar-refractivity contribution in [1.82, 2.24) is 5.32 Å². The minimum atomic E-state index is -0.556. The molecular weight excluding hydrogens is 328 g/mol. The lowest BCUT2D eigenvalue weighted by Crippen LogP contribution is -2.49. The number of benzene rings is 2. The van der Waals surface area contributed by atoms with Gasteiger partial charge in [-0.25, -0.2) is 0 Å². The van der Waals surface area contributed by atoms with E-state index in [0.717, 1.165) is 53.6 Å². The molecule has 6 heteroatoms. The molecule has 0 saturated carbocycles. The predicted octanol–water partition coefficient (Wildman–Crippen LogP) is 3.30. The first-order valence-electron chi connectivity index (χ1n) is 9.20. The normalized spacial score (nSPS) is 18.2. The first kappa shape index (κ1) is 18.3. The molecule has 0 bridgehead atoms. The van der Waals surface area contributed by atoms with Crippen molar-refractivity contribution < 1.29 is 9.53 Å². The molecule has 140 valence electrons. The average Bonchev–Trinajstić information content (AvgIpc) is 2.63. The second-order valence-electron chi connectivity index (χ2n) is 7.09. The van der Waals surface area contributed by atoms with Gasteiger partial charge in [0.05, 0.1) is 0 Å². The Balaban J connectivity index is 1.60. The Kier molecular flexibility index (Phi) is 5.52. The summed E-state index contributed by atoms with van der Waals surface area (Å²) in [6, 6.07) is 9.89. The topological polar surface area (TPSA) is 88.4 Å². The number of carbonyl (C=O) groups is 1. The summed E-state index contributed by atoms with van der Waals surface area (Å²) in [5.74, 6) is -0.152. The number of hydrogen-bond donors (Lipinski definition) is 4. The molecule has 0 spiro atoms. The molecule has 0 aliphatic carbocycles. The fourth-order valence-corrected chi connectivity index (χ4v) is 3.38. The number of rotatable bonds is 8. The Morgan fingerprint density at radius 2 is 1.92 bits per heavy atom. The van der Waals surface area contributed by atoms with Crippen LogP contribution < -0.4 is 21.7 Å². The van der Waals surface area contributed by atoms with Crippen molar-refractivity contribution in [3.63, 3.8) is 0 Å². The molecule has 1 aliphatic heterocycles. The predicted molar refractivity (Wildman–Crippen MR) is 107 cm³/mol. The van der Waals surface area contributed by atoms with Crippen molar-refractivity contribution in [3.05, 3.63) is 30.3 Å². The van der Waals surface area contributed by atoms with E-state index in [0.29, 0.717) is 6.42 Å². The molecule has 2 aromatic carbocycles. The van der Waals surface area contributed by atoms with Crippen LogP contribution in [-0.4, -0.2) is 31.8 Å². The van der Waals surface area contributed by atoms with E-state index >= 15 is 0 Å². The van der Waals surface area contributed by atoms with Crippen molar-refractivity contribution in [2.75, 3.05) is 36.6 Å². The van der Waals surface area contributed by atoms with Crippen LogP contribution in [0.5, 0.6) is 0 Å². The molecule has 1 aliphatic rings. The van der Waals surface area contributed by atoms with Gasteiger partial charge in [-0.2, -0.15) is 0 Å². The third-order valence-corrected chi connectivity index (χ3v) is 4.72. The van der Waals surface area contributed by atoms with E-state index < -0.39 is 5.66 Å². The molecule has 26 heavy (non-hydrogen) atoms. The summed E-state index contributed by atoms with van der Waals surface area (Å²) in [6.45, 7) is 3.23. The first-order valence-corrected chi connectivity index (χ1v) is 9.20. The highest BCUT2D eigenvalue weighted by atomic mass is 16.5. The van der Waals surface area contributed by atoms with Gasteiger partial charge < -0.3 is 26.4 Å². The van der Waals surface area contributed by atoms with Crippen LogP contribution >= 0.6 is 0 Å². The quantitative estimate of drug-likeness (QED) is 0.330. The largest absolute Gasteiger partial charge is 0.461 e. The van der Waals surface area contributed by atoms with Gasteiger partial charge in [0.2, 0.25) is 0 Å². The third-order valence-electron chi connectivity index (χ3n) is 4.72. The summed E-state index contributed by atoms with van der Waals surface area (Å²) in [4.78, 5) is 12.0. The minimum Gasteiger partial charge on any atom is -0.461 e. The molecule has 5 N–H and O–H groups in total. The zero-order valence-electron chi connectivity index (χ0n) is 15.5. The maximum atomic E-state index is 12.0. The van der Waals surface area contributed by atoms with E-state index in [1.807, 2.05) is 44.3 Å². The van der Waals surface area contributed by atoms with Gasteiger partial charge in [0.25, 0.3) is 0 Å². The highest BCUT2D eigenvalue weighted by Gasteiger charge is 2.31. The van der Waals surface area contributed by atoms with E-state index in [1.54, 1.807) is 0 Å². The van der Waals surface area contributed by atoms with Gasteiger partial charge in [-0.05, 0) is 51.6 Å². The Labute approximate surface area is 154 Å². The number of nitrogen functional groups attached to an aromatic ring is 1. The monoisotopic (exact) mass is 356 g/mol. The van der Waals surface area contributed by atoms with Gasteiger partial charge in [0.1, 0.15) is 12.3 Å². The fraction of sp³-hybridized carbons (Fsp3) is 0.450. The second kappa shape index (κ2) is 7.83. The molecular formula is C20H28N4O2. The number of hydrogen-bond acceptors (Lipinski definition) is 6. The molecule has 0 aromatic heterocycles. The van der Waals surface area contributed by atoms with Crippen molar-refractivity contribution in [2.45, 2.75) is 38.3 Å². The van der Waals surface area contributed by atoms with Crippen LogP contribution in [0, 0.1) is 0 Å². The van der Waals surface area contributed by atoms with E-state index in [4.69, 9.17) is 10.5 Å². The molecule has 0 fully saturated rings. The van der Waals surface area contributed by atoms with Crippen LogP contribution in [0.3, 0.4) is 0 Å². The van der Waals surface area contributed by atoms with Crippen molar-refractivity contribution >= 4 is 33.8 Å². The highest BCUT2D eigenvalue weighted by molar-refractivity contribution is 6.09. The third kappa shape index (κ3) is 4.02. The van der Waals surface area contributed by atoms with E-state index in [9.17, 15) is 4.79 Å². The smallest absolute Gasteiger partial charge is 0.305 e. The van der Waals surface area contributed by atoms with E-state index in [-0.39, 0.29) is 12.6 Å². The van der Waals surface area contributed by atoms with Crippen LogP contribution in [0.2, 0.25) is 0 Å². The van der Waals surface area contributed by atoms with Crippen LogP contribution in [0.25, 0.3) is 10.8 Å². The Bertz CT molecular complexity index is 778. The lowest BCUT2D eigenvalue weighted by Gasteiger charge is -2.38. The average molecular weight is 356 g/mol. The summed E-state index contributed by atoms with van der Waals surface area (Å²) in [6.07, 6.45) is 3.43. The van der Waals surface area contributed by atoms with Gasteiger partial charge in [0, 0.05) is 34.3 Å². The minimum absolute atomic E-state index is 0.152. The highest BCUT2D eigenvalue weighted by Crippen LogP contribution is 2.39. The van der Waals surface area contributed by atoms with Crippen molar-refractivity contribution in [3.8, 4) is 0 Å². The SMILES string of the molecule is CNCCCCCC(=O)OCC1(C)Nc2cccc3c(N)ccc(c23)N1. The fourth-order valence-electron chi connectivity index (χ4n) is 3.38. The summed E-state index contributed by atoms with van der Waals surface area (Å²) < 4.78 is 5.52. The molecule has 1 atom stereocenters. The Morgan fingerprint density at radius 1 is 1.15 bits per heavy atom. The number of unbranched alkanes of at least 4 members (excludes halogenated alkanes) is 2. The van der Waals surface area contributed by atoms with Gasteiger partial charge >= 0.3 is 5.97 Å². The Hall–Kier alpha value is -2.47. The number of nitrogens with two attached hydrogens (primary N) is 1. The maximum Gasteiger partial charge on any atom is 0.305 e. The summed E-state index contributed by atoms with van der Waals surface area (Å²) in [7, 11) is 1.94. The van der Waals surface area contributed by atoms with Crippen LogP contribution in [0.4, 0.5) is 17.1 Å². The van der Waals surface area contributed by atoms with E-state index in [2.05, 4.69) is 16.0 Å². The van der Waals surface area contributed by atoms with Gasteiger partial charge in [-0.15, -0.1) is 0 Å². The summed E-state index contributed by atoms with van der Waals surface area (Å²) in [5.41, 5.74) is 8.27. The van der Waals surface area contributed by atoms with Crippen LogP contribution in [0.1, 0.15) is 32.6 Å². The lowest BCUT2D eigenvalue weighted by molar-refractivity contribution is -0.144. The number of carbonyl (C=O) groups excluding carboxylic acids is 1. The zero-order chi connectivity index (χ0) is 18.6. The molecule has 2 aromatic rings. The first-order chi connectivity index (χ1) is 12.5. The Morgan fingerprint density at radius 3 is 2.69 bits per heavy atom. The standard InChI is InChI=1S/C20H28N4O2/c1-20(13-26-18(25)9-4-3-5-12-22-2)23-16-8-6-7-14-15(21)10-11-17(24-20)19(14)16/h6-8,10-11,22-24H,3-5,9,12-13,21H2,1-2H3. The van der Waals surface area contributed by atoms with Gasteiger partial charge in [0.15, 0.2) is 0 Å². The number of ether oxygens (including phenoxy) is 1. The van der Waals surface area contributed by atoms with Crippen molar-refractivity contribution in [1.29, 1.82) is 0 Å². The molecule has 6 nitrogen and oxygen atoms in total. The summed E-state index contributed by atoms with van der Waals surface area (Å²) >= 11 is 0. The number of anilines is 3. The van der Waals surface area contributed by atoms with E-state index in [1.165, 1.54) is 0 Å². The van der Waals surface area contributed by atoms with Gasteiger partial charge in [-0.3, -0.25) is 4.79 Å². The van der Waals surface area contributed by atoms with Crippen molar-refractivity contribution in [2.24, 2.45) is 0 Å². The van der Waals surface area contributed by atoms with Gasteiger partial charge in [-0.1, -0.05) is 18.6 Å². The molecule has 0 amide bonds. The molecule has 3 rings (SSSR count). The van der Waals surface area contributed by atoms with Crippen LogP contribution in [-0.2, 0) is 9.53 Å². The second-order valence-corrected chi connectivity index (χ2v) is 7.09. The molecule has 1 unspecified atom stereocenters. The zero-order valence-corrected chi connectivity index (χ0v) is 15.5. The molecule has 0 saturated heterocycles. The molecule has 1 heterocycles. The summed E-state index contributed by atoms with van der Waals surface area (Å²) in [5, 5.41) is 12.1. The maximum absolute atomic E-state index is 12.0. The molecule has 0 radical (unpaired) electrons. The number of nitrogens with one attached hydrogen (secondary N) is 3. The van der Waals surface area contributed by atoms with Crippen LogP contribution in [0.15, 0.2) is 30.3 Å². The number of esters is 1. The lowest BCUT2D eigenvalue weighted by atomic mass is 9.99.